The number of hydrogen-bond acceptors (Lipinski definition) is 4. The second-order valence-electron chi connectivity index (χ2n) is 6.97. The lowest BCUT2D eigenvalue weighted by Crippen LogP contribution is -2.44. The van der Waals surface area contributed by atoms with Gasteiger partial charge in [-0.1, -0.05) is 30.3 Å². The fourth-order valence-corrected chi connectivity index (χ4v) is 3.29. The van der Waals surface area contributed by atoms with E-state index in [0.29, 0.717) is 25.5 Å². The number of halogens is 1. The van der Waals surface area contributed by atoms with Crippen molar-refractivity contribution in [2.24, 2.45) is 4.99 Å². The molecule has 2 aromatic carbocycles. The molecule has 1 aliphatic heterocycles. The van der Waals surface area contributed by atoms with Crippen LogP contribution in [0.15, 0.2) is 53.5 Å². The van der Waals surface area contributed by atoms with Crippen LogP contribution in [-0.2, 0) is 16.1 Å². The van der Waals surface area contributed by atoms with Crippen LogP contribution in [0.1, 0.15) is 23.5 Å². The van der Waals surface area contributed by atoms with Crippen LogP contribution in [0.25, 0.3) is 0 Å². The van der Waals surface area contributed by atoms with Gasteiger partial charge in [0.15, 0.2) is 5.96 Å². The van der Waals surface area contributed by atoms with Gasteiger partial charge in [0, 0.05) is 38.2 Å². The number of carbonyl (C=O) groups excluding carboxylic acids is 2. The molecular weight excluding hydrogens is 509 g/mol. The molecule has 0 aromatic heterocycles. The number of nitrogens with one attached hydrogen (secondary N) is 4. The number of methoxy groups -OCH3 is 1. The summed E-state index contributed by atoms with van der Waals surface area (Å²) in [7, 11) is 3.26. The first-order valence-corrected chi connectivity index (χ1v) is 9.82. The minimum Gasteiger partial charge on any atom is -0.497 e. The van der Waals surface area contributed by atoms with Crippen LogP contribution in [0.2, 0.25) is 0 Å². The monoisotopic (exact) mass is 537 g/mol. The first kappa shape index (κ1) is 24.4. The number of nitrogens with zero attached hydrogens (tertiary/aromatic N) is 1. The molecule has 0 spiro atoms. The molecule has 1 aliphatic rings. The Morgan fingerprint density at radius 1 is 1.13 bits per heavy atom. The number of carbonyl (C=O) groups is 2. The average molecular weight is 537 g/mol. The number of rotatable bonds is 7. The largest absolute Gasteiger partial charge is 0.497 e. The molecule has 31 heavy (non-hydrogen) atoms. The molecule has 1 unspecified atom stereocenters. The van der Waals surface area contributed by atoms with Gasteiger partial charge in [0.25, 0.3) is 0 Å². The van der Waals surface area contributed by atoms with Gasteiger partial charge in [-0.3, -0.25) is 14.6 Å². The molecule has 166 valence electrons. The number of hydrogen-bond donors (Lipinski definition) is 4. The van der Waals surface area contributed by atoms with Crippen LogP contribution in [-0.4, -0.2) is 45.0 Å². The summed E-state index contributed by atoms with van der Waals surface area (Å²) in [6.07, 6.45) is 0.406. The van der Waals surface area contributed by atoms with Crippen LogP contribution in [0.4, 0.5) is 5.69 Å². The molecule has 0 bridgehead atoms. The van der Waals surface area contributed by atoms with Gasteiger partial charge in [-0.15, -0.1) is 24.0 Å². The maximum Gasteiger partial charge on any atom is 0.239 e. The Morgan fingerprint density at radius 3 is 2.58 bits per heavy atom. The molecule has 1 heterocycles. The van der Waals surface area contributed by atoms with Crippen molar-refractivity contribution in [1.82, 2.24) is 16.0 Å². The first-order valence-electron chi connectivity index (χ1n) is 9.82. The molecular formula is C22H28IN5O3. The maximum absolute atomic E-state index is 12.1. The third-order valence-corrected chi connectivity index (χ3v) is 4.91. The Morgan fingerprint density at radius 2 is 1.87 bits per heavy atom. The van der Waals surface area contributed by atoms with Crippen LogP contribution >= 0.6 is 24.0 Å². The van der Waals surface area contributed by atoms with Crippen molar-refractivity contribution >= 4 is 47.4 Å². The van der Waals surface area contributed by atoms with E-state index in [2.05, 4.69) is 26.3 Å². The molecule has 0 fully saturated rings. The van der Waals surface area contributed by atoms with E-state index in [-0.39, 0.29) is 48.3 Å². The number of ether oxygens (including phenoxy) is 1. The van der Waals surface area contributed by atoms with E-state index in [9.17, 15) is 9.59 Å². The number of guanidine groups is 1. The van der Waals surface area contributed by atoms with Crippen LogP contribution in [0.5, 0.6) is 5.75 Å². The highest BCUT2D eigenvalue weighted by Crippen LogP contribution is 2.31. The van der Waals surface area contributed by atoms with Gasteiger partial charge < -0.3 is 26.0 Å². The summed E-state index contributed by atoms with van der Waals surface area (Å²) in [4.78, 5) is 28.2. The molecule has 2 aromatic rings. The summed E-state index contributed by atoms with van der Waals surface area (Å²) in [5.41, 5.74) is 2.93. The molecule has 3 rings (SSSR count). The minimum absolute atomic E-state index is 0. The lowest BCUT2D eigenvalue weighted by Gasteiger charge is -2.26. The third kappa shape index (κ3) is 7.12. The minimum atomic E-state index is -0.142. The van der Waals surface area contributed by atoms with Gasteiger partial charge >= 0.3 is 0 Å². The number of fused-ring (bicyclic) bond motifs is 1. The summed E-state index contributed by atoms with van der Waals surface area (Å²) in [5, 5.41) is 12.0. The fraction of sp³-hybridized carbons (Fsp3) is 0.318. The number of aliphatic imine (C=N–C) groups is 1. The van der Waals surface area contributed by atoms with Crippen molar-refractivity contribution in [2.75, 3.05) is 32.6 Å². The molecule has 2 amide bonds. The summed E-state index contributed by atoms with van der Waals surface area (Å²) < 4.78 is 5.12. The Labute approximate surface area is 199 Å². The summed E-state index contributed by atoms with van der Waals surface area (Å²) in [6, 6.07) is 15.3. The van der Waals surface area contributed by atoms with Crippen molar-refractivity contribution < 1.29 is 14.3 Å². The van der Waals surface area contributed by atoms with Crippen molar-refractivity contribution in [3.8, 4) is 5.75 Å². The van der Waals surface area contributed by atoms with Gasteiger partial charge in [-0.05, 0) is 29.3 Å². The zero-order valence-corrected chi connectivity index (χ0v) is 19.9. The lowest BCUT2D eigenvalue weighted by molar-refractivity contribution is -0.120. The van der Waals surface area contributed by atoms with E-state index in [0.717, 1.165) is 22.6 Å². The number of para-hydroxylation sites is 1. The fourth-order valence-electron chi connectivity index (χ4n) is 3.29. The highest BCUT2D eigenvalue weighted by atomic mass is 127. The van der Waals surface area contributed by atoms with Crippen LogP contribution in [0, 0.1) is 0 Å². The first-order chi connectivity index (χ1) is 14.6. The molecule has 0 saturated carbocycles. The van der Waals surface area contributed by atoms with Gasteiger partial charge in [0.1, 0.15) is 5.75 Å². The zero-order valence-electron chi connectivity index (χ0n) is 17.6. The highest BCUT2D eigenvalue weighted by Gasteiger charge is 2.24. The van der Waals surface area contributed by atoms with Crippen LogP contribution < -0.4 is 26.0 Å². The average Bonchev–Trinajstić information content (AvgIpc) is 2.77. The quantitative estimate of drug-likeness (QED) is 0.247. The zero-order chi connectivity index (χ0) is 21.3. The lowest BCUT2D eigenvalue weighted by atomic mass is 9.90. The summed E-state index contributed by atoms with van der Waals surface area (Å²) >= 11 is 0. The number of amides is 2. The molecule has 1 atom stereocenters. The third-order valence-electron chi connectivity index (χ3n) is 4.91. The Hall–Kier alpha value is -2.82. The Balaban J connectivity index is 0.00000341. The topological polar surface area (TPSA) is 104 Å². The molecule has 8 nitrogen and oxygen atoms in total. The molecule has 4 N–H and O–H groups in total. The summed E-state index contributed by atoms with van der Waals surface area (Å²) in [5.74, 6) is 1.19. The van der Waals surface area contributed by atoms with Crippen molar-refractivity contribution in [3.63, 3.8) is 0 Å². The normalized spacial score (nSPS) is 15.1. The number of anilines is 1. The maximum atomic E-state index is 12.1. The number of benzene rings is 2. The molecule has 0 radical (unpaired) electrons. The standard InChI is InChI=1S/C22H27N5O3.HI/c1-23-22(25-13-16-11-20(28)27-19-6-4-3-5-18(16)19)26-14-21(29)24-12-15-7-9-17(30-2)10-8-15;/h3-10,16H,11-14H2,1-2H3,(H,24,29)(H,27,28)(H2,23,25,26);1H. The van der Waals surface area contributed by atoms with Gasteiger partial charge in [0.2, 0.25) is 11.8 Å². The second kappa shape index (κ2) is 12.1. The Bertz CT molecular complexity index is 918. The SMILES string of the molecule is CN=C(NCC(=O)NCc1ccc(OC)cc1)NCC1CC(=O)Nc2ccccc21.I. The predicted molar refractivity (Wildman–Crippen MR) is 132 cm³/mol. The van der Waals surface area contributed by atoms with E-state index in [4.69, 9.17) is 4.74 Å². The van der Waals surface area contributed by atoms with Gasteiger partial charge in [-0.2, -0.15) is 0 Å². The van der Waals surface area contributed by atoms with E-state index < -0.39 is 0 Å². The van der Waals surface area contributed by atoms with Crippen molar-refractivity contribution in [2.45, 2.75) is 18.9 Å². The molecule has 9 heteroatoms. The van der Waals surface area contributed by atoms with E-state index in [1.165, 1.54) is 0 Å². The highest BCUT2D eigenvalue weighted by molar-refractivity contribution is 14.0. The Kier molecular flexibility index (Phi) is 9.57. The van der Waals surface area contributed by atoms with Crippen LogP contribution in [0.3, 0.4) is 0 Å². The summed E-state index contributed by atoms with van der Waals surface area (Å²) in [6.45, 7) is 1.07. The molecule has 0 saturated heterocycles. The van der Waals surface area contributed by atoms with Crippen molar-refractivity contribution in [1.29, 1.82) is 0 Å². The molecule has 0 aliphatic carbocycles. The van der Waals surface area contributed by atoms with Gasteiger partial charge in [-0.25, -0.2) is 0 Å². The second-order valence-corrected chi connectivity index (χ2v) is 6.97. The smallest absolute Gasteiger partial charge is 0.239 e. The van der Waals surface area contributed by atoms with E-state index >= 15 is 0 Å². The van der Waals surface area contributed by atoms with Gasteiger partial charge in [0.05, 0.1) is 13.7 Å². The van der Waals surface area contributed by atoms with E-state index in [1.54, 1.807) is 14.2 Å². The van der Waals surface area contributed by atoms with Crippen molar-refractivity contribution in [3.05, 3.63) is 59.7 Å². The van der Waals surface area contributed by atoms with E-state index in [1.807, 2.05) is 48.5 Å². The predicted octanol–water partition coefficient (Wildman–Crippen LogP) is 2.22.